The second kappa shape index (κ2) is 8.26. The third-order valence-electron chi connectivity index (χ3n) is 5.48. The Kier molecular flexibility index (Phi) is 6.19. The number of hydrogen-bond donors (Lipinski definition) is 1. The minimum atomic E-state index is -0.0414. The summed E-state index contributed by atoms with van der Waals surface area (Å²) >= 11 is 1.80. The molecule has 0 aromatic heterocycles. The van der Waals surface area contributed by atoms with Crippen LogP contribution < -0.4 is 5.32 Å². The topological polar surface area (TPSA) is 44.7 Å². The number of amides is 1. The molecule has 0 unspecified atom stereocenters. The molecule has 4 nitrogen and oxygen atoms in total. The number of benzene rings is 1. The number of hydrogen-bond acceptors (Lipinski definition) is 4. The van der Waals surface area contributed by atoms with E-state index in [1.807, 2.05) is 12.1 Å². The van der Waals surface area contributed by atoms with Crippen LogP contribution in [0.4, 0.5) is 5.69 Å². The average molecular weight is 388 g/mol. The predicted molar refractivity (Wildman–Crippen MR) is 117 cm³/mol. The van der Waals surface area contributed by atoms with Crippen molar-refractivity contribution in [1.82, 2.24) is 4.90 Å². The maximum atomic E-state index is 12.9. The molecule has 0 radical (unpaired) electrons. The number of carbonyl (C=O) groups is 1. The fourth-order valence-electron chi connectivity index (χ4n) is 4.20. The van der Waals surface area contributed by atoms with E-state index >= 15 is 0 Å². The van der Waals surface area contributed by atoms with Gasteiger partial charge in [-0.3, -0.25) is 9.79 Å². The minimum absolute atomic E-state index is 0.0414. The summed E-state index contributed by atoms with van der Waals surface area (Å²) in [7, 11) is 0. The molecule has 3 rings (SSSR count). The van der Waals surface area contributed by atoms with Gasteiger partial charge in [0.15, 0.2) is 5.17 Å². The van der Waals surface area contributed by atoms with Gasteiger partial charge in [-0.05, 0) is 69.7 Å². The van der Waals surface area contributed by atoms with Gasteiger partial charge in [-0.15, -0.1) is 0 Å². The molecule has 1 saturated carbocycles. The highest BCUT2D eigenvalue weighted by atomic mass is 32.2. The Bertz CT molecular complexity index is 708. The van der Waals surface area contributed by atoms with Crippen LogP contribution in [0.15, 0.2) is 23.2 Å². The Labute approximate surface area is 168 Å². The van der Waals surface area contributed by atoms with E-state index in [2.05, 4.69) is 50.9 Å². The standard InChI is InChI=1S/C22H33N3OS/c1-15-10-16(2)12-18(11-15)23-20(26)13-25(19-9-7-6-8-17(19)3)21-24-22(4,5)14-27-21/h10-12,17,19H,6-9,13-14H2,1-5H3,(H,23,26)/t17-,19+/m0/s1. The highest BCUT2D eigenvalue weighted by Crippen LogP contribution is 2.34. The molecule has 0 bridgehead atoms. The highest BCUT2D eigenvalue weighted by Gasteiger charge is 2.35. The molecule has 1 amide bonds. The molecule has 27 heavy (non-hydrogen) atoms. The van der Waals surface area contributed by atoms with Crippen molar-refractivity contribution in [2.45, 2.75) is 71.9 Å². The zero-order valence-electron chi connectivity index (χ0n) is 17.3. The van der Waals surface area contributed by atoms with E-state index in [0.717, 1.165) is 23.0 Å². The van der Waals surface area contributed by atoms with E-state index in [1.165, 1.54) is 30.4 Å². The van der Waals surface area contributed by atoms with Gasteiger partial charge in [0.25, 0.3) is 0 Å². The summed E-state index contributed by atoms with van der Waals surface area (Å²) in [6.45, 7) is 11.2. The van der Waals surface area contributed by atoms with Crippen molar-refractivity contribution in [2.75, 3.05) is 17.6 Å². The van der Waals surface area contributed by atoms with Crippen LogP contribution in [0, 0.1) is 19.8 Å². The fraction of sp³-hybridized carbons (Fsp3) is 0.636. The Morgan fingerprint density at radius 2 is 1.89 bits per heavy atom. The number of aryl methyl sites for hydroxylation is 2. The van der Waals surface area contributed by atoms with Gasteiger partial charge in [0.1, 0.15) is 0 Å². The number of aliphatic imine (C=N–C) groups is 1. The Hall–Kier alpha value is -1.49. The molecular weight excluding hydrogens is 354 g/mol. The first kappa shape index (κ1) is 20.2. The molecule has 1 aliphatic carbocycles. The minimum Gasteiger partial charge on any atom is -0.339 e. The van der Waals surface area contributed by atoms with Gasteiger partial charge in [-0.25, -0.2) is 0 Å². The van der Waals surface area contributed by atoms with Gasteiger partial charge in [-0.2, -0.15) is 0 Å². The average Bonchev–Trinajstić information content (AvgIpc) is 2.92. The summed E-state index contributed by atoms with van der Waals surface area (Å²) in [6.07, 6.45) is 4.93. The predicted octanol–water partition coefficient (Wildman–Crippen LogP) is 5.00. The SMILES string of the molecule is Cc1cc(C)cc(NC(=O)CN(C2=NC(C)(C)CS2)[C@@H]2CCCC[C@@H]2C)c1. The highest BCUT2D eigenvalue weighted by molar-refractivity contribution is 8.14. The summed E-state index contributed by atoms with van der Waals surface area (Å²) in [6, 6.07) is 6.59. The number of carbonyl (C=O) groups excluding carboxylic acids is 1. The van der Waals surface area contributed by atoms with Crippen molar-refractivity contribution < 1.29 is 4.79 Å². The van der Waals surface area contributed by atoms with Crippen molar-refractivity contribution in [3.05, 3.63) is 29.3 Å². The monoisotopic (exact) mass is 387 g/mol. The van der Waals surface area contributed by atoms with Crippen LogP contribution in [0.25, 0.3) is 0 Å². The summed E-state index contributed by atoms with van der Waals surface area (Å²) in [5.41, 5.74) is 3.18. The van der Waals surface area contributed by atoms with Gasteiger partial charge in [0.05, 0.1) is 12.1 Å². The first-order valence-corrected chi connectivity index (χ1v) is 11.1. The van der Waals surface area contributed by atoms with E-state index in [-0.39, 0.29) is 11.4 Å². The molecule has 1 fully saturated rings. The molecule has 0 spiro atoms. The third-order valence-corrected chi connectivity index (χ3v) is 6.92. The van der Waals surface area contributed by atoms with Crippen molar-refractivity contribution in [3.8, 4) is 0 Å². The normalized spacial score (nSPS) is 24.4. The van der Waals surface area contributed by atoms with Crippen molar-refractivity contribution in [2.24, 2.45) is 10.9 Å². The lowest BCUT2D eigenvalue weighted by atomic mass is 9.85. The molecule has 1 N–H and O–H groups in total. The van der Waals surface area contributed by atoms with Gasteiger partial charge in [0, 0.05) is 17.5 Å². The number of thioether (sulfide) groups is 1. The van der Waals surface area contributed by atoms with Crippen molar-refractivity contribution in [3.63, 3.8) is 0 Å². The largest absolute Gasteiger partial charge is 0.339 e. The second-order valence-corrected chi connectivity index (χ2v) is 9.82. The van der Waals surface area contributed by atoms with E-state index in [0.29, 0.717) is 18.5 Å². The fourth-order valence-corrected chi connectivity index (χ4v) is 5.42. The second-order valence-electron chi connectivity index (χ2n) is 8.88. The Morgan fingerprint density at radius 1 is 1.22 bits per heavy atom. The van der Waals surface area contributed by atoms with Crippen molar-refractivity contribution in [1.29, 1.82) is 0 Å². The molecule has 1 aromatic rings. The molecule has 2 atom stereocenters. The van der Waals surface area contributed by atoms with Crippen LogP contribution in [-0.2, 0) is 4.79 Å². The summed E-state index contributed by atoms with van der Waals surface area (Å²) in [5, 5.41) is 4.16. The molecule has 5 heteroatoms. The summed E-state index contributed by atoms with van der Waals surface area (Å²) in [5.74, 6) is 1.63. The maximum absolute atomic E-state index is 12.9. The lowest BCUT2D eigenvalue weighted by Gasteiger charge is -2.39. The van der Waals surface area contributed by atoms with Gasteiger partial charge in [-0.1, -0.05) is 37.6 Å². The van der Waals surface area contributed by atoms with Crippen LogP contribution in [-0.4, -0.2) is 39.9 Å². The number of nitrogens with zero attached hydrogens (tertiary/aromatic N) is 2. The molecular formula is C22H33N3OS. The summed E-state index contributed by atoms with van der Waals surface area (Å²) < 4.78 is 0. The zero-order chi connectivity index (χ0) is 19.6. The first-order chi connectivity index (χ1) is 12.7. The van der Waals surface area contributed by atoms with Gasteiger partial charge in [0.2, 0.25) is 5.91 Å². The quantitative estimate of drug-likeness (QED) is 0.790. The van der Waals surface area contributed by atoms with E-state index < -0.39 is 0 Å². The van der Waals surface area contributed by atoms with E-state index in [1.54, 1.807) is 11.8 Å². The maximum Gasteiger partial charge on any atom is 0.243 e. The molecule has 2 aliphatic rings. The van der Waals surface area contributed by atoms with Gasteiger partial charge < -0.3 is 10.2 Å². The van der Waals surface area contributed by atoms with E-state index in [4.69, 9.17) is 4.99 Å². The molecule has 148 valence electrons. The number of amidine groups is 1. The molecule has 1 aromatic carbocycles. The van der Waals surface area contributed by atoms with Crippen LogP contribution >= 0.6 is 11.8 Å². The third kappa shape index (κ3) is 5.28. The lowest BCUT2D eigenvalue weighted by Crippen LogP contribution is -2.47. The van der Waals surface area contributed by atoms with Crippen LogP contribution in [0.3, 0.4) is 0 Å². The number of anilines is 1. The first-order valence-electron chi connectivity index (χ1n) is 10.1. The van der Waals surface area contributed by atoms with Crippen LogP contribution in [0.2, 0.25) is 0 Å². The Morgan fingerprint density at radius 3 is 2.48 bits per heavy atom. The van der Waals surface area contributed by atoms with Crippen molar-refractivity contribution >= 4 is 28.5 Å². The smallest absolute Gasteiger partial charge is 0.243 e. The van der Waals surface area contributed by atoms with Crippen LogP contribution in [0.1, 0.15) is 57.6 Å². The Balaban J connectivity index is 1.77. The molecule has 1 heterocycles. The molecule has 0 saturated heterocycles. The van der Waals surface area contributed by atoms with E-state index in [9.17, 15) is 4.79 Å². The molecule has 1 aliphatic heterocycles. The lowest BCUT2D eigenvalue weighted by molar-refractivity contribution is -0.117. The summed E-state index contributed by atoms with van der Waals surface area (Å²) in [4.78, 5) is 20.1. The zero-order valence-corrected chi connectivity index (χ0v) is 18.2. The number of nitrogens with one attached hydrogen (secondary N) is 1. The van der Waals surface area contributed by atoms with Crippen LogP contribution in [0.5, 0.6) is 0 Å². The number of rotatable bonds is 4. The van der Waals surface area contributed by atoms with Gasteiger partial charge >= 0.3 is 0 Å².